The van der Waals surface area contributed by atoms with Crippen molar-refractivity contribution in [2.24, 2.45) is 5.92 Å². The predicted molar refractivity (Wildman–Crippen MR) is 67.1 cm³/mol. The first-order chi connectivity index (χ1) is 7.49. The SMILES string of the molecule is CC(C)Oc1cc(Br)c2c(c1)C(=O)C(C)C2. The molecule has 2 nitrogen and oxygen atoms in total. The summed E-state index contributed by atoms with van der Waals surface area (Å²) in [5.74, 6) is 1.09. The normalized spacial score (nSPS) is 19.1. The Hall–Kier alpha value is -0.830. The van der Waals surface area contributed by atoms with Crippen molar-refractivity contribution >= 4 is 21.7 Å². The van der Waals surface area contributed by atoms with E-state index in [1.54, 1.807) is 0 Å². The van der Waals surface area contributed by atoms with Gasteiger partial charge in [-0.15, -0.1) is 0 Å². The van der Waals surface area contributed by atoms with Gasteiger partial charge in [-0.2, -0.15) is 0 Å². The number of carbonyl (C=O) groups is 1. The van der Waals surface area contributed by atoms with Crippen LogP contribution in [0.4, 0.5) is 0 Å². The van der Waals surface area contributed by atoms with Gasteiger partial charge < -0.3 is 4.74 Å². The van der Waals surface area contributed by atoms with Gasteiger partial charge in [-0.3, -0.25) is 4.79 Å². The number of fused-ring (bicyclic) bond motifs is 1. The molecule has 0 N–H and O–H groups in total. The van der Waals surface area contributed by atoms with Crippen LogP contribution in [0.2, 0.25) is 0 Å². The Morgan fingerprint density at radius 3 is 2.75 bits per heavy atom. The first-order valence-corrected chi connectivity index (χ1v) is 6.31. The molecule has 0 amide bonds. The maximum absolute atomic E-state index is 11.9. The molecule has 16 heavy (non-hydrogen) atoms. The third-order valence-corrected chi connectivity index (χ3v) is 3.47. The second-order valence-corrected chi connectivity index (χ2v) is 5.42. The minimum absolute atomic E-state index is 0.0978. The number of ketones is 1. The van der Waals surface area contributed by atoms with E-state index in [0.29, 0.717) is 0 Å². The van der Waals surface area contributed by atoms with Crippen LogP contribution in [0.25, 0.3) is 0 Å². The second-order valence-electron chi connectivity index (χ2n) is 4.57. The first-order valence-electron chi connectivity index (χ1n) is 5.52. The monoisotopic (exact) mass is 282 g/mol. The number of Topliss-reactive ketones (excluding diaryl/α,β-unsaturated/α-hetero) is 1. The molecule has 0 fully saturated rings. The van der Waals surface area contributed by atoms with Crippen LogP contribution in [0, 0.1) is 5.92 Å². The molecule has 0 heterocycles. The Bertz CT molecular complexity index is 438. The Balaban J connectivity index is 2.42. The van der Waals surface area contributed by atoms with Crippen molar-refractivity contribution in [1.82, 2.24) is 0 Å². The summed E-state index contributed by atoms with van der Waals surface area (Å²) in [6.45, 7) is 5.93. The lowest BCUT2D eigenvalue weighted by molar-refractivity contribution is 0.0945. The van der Waals surface area contributed by atoms with Gasteiger partial charge in [-0.1, -0.05) is 22.9 Å². The zero-order chi connectivity index (χ0) is 11.9. The Morgan fingerprint density at radius 1 is 1.44 bits per heavy atom. The van der Waals surface area contributed by atoms with E-state index in [-0.39, 0.29) is 17.8 Å². The van der Waals surface area contributed by atoms with Gasteiger partial charge in [0.1, 0.15) is 5.75 Å². The fraction of sp³-hybridized carbons (Fsp3) is 0.462. The van der Waals surface area contributed by atoms with Crippen molar-refractivity contribution in [2.45, 2.75) is 33.3 Å². The summed E-state index contributed by atoms with van der Waals surface area (Å²) >= 11 is 3.51. The number of rotatable bonds is 2. The summed E-state index contributed by atoms with van der Waals surface area (Å²) in [5, 5.41) is 0. The summed E-state index contributed by atoms with van der Waals surface area (Å²) in [7, 11) is 0. The molecule has 2 rings (SSSR count). The van der Waals surface area contributed by atoms with Gasteiger partial charge in [0.05, 0.1) is 6.10 Å². The summed E-state index contributed by atoms with van der Waals surface area (Å²) in [6.07, 6.45) is 0.954. The average molecular weight is 283 g/mol. The van der Waals surface area contributed by atoms with Crippen LogP contribution in [0.1, 0.15) is 36.7 Å². The topological polar surface area (TPSA) is 26.3 Å². The number of hydrogen-bond donors (Lipinski definition) is 0. The molecule has 0 aliphatic heterocycles. The molecule has 1 aromatic carbocycles. The molecule has 0 spiro atoms. The van der Waals surface area contributed by atoms with E-state index >= 15 is 0 Å². The molecule has 1 aliphatic carbocycles. The number of benzene rings is 1. The minimum atomic E-state index is 0.0978. The molecular weight excluding hydrogens is 268 g/mol. The molecule has 0 saturated carbocycles. The number of ether oxygens (including phenoxy) is 1. The predicted octanol–water partition coefficient (Wildman–Crippen LogP) is 3.61. The summed E-state index contributed by atoms with van der Waals surface area (Å²) < 4.78 is 6.61. The summed E-state index contributed by atoms with van der Waals surface area (Å²) in [4.78, 5) is 11.9. The number of halogens is 1. The highest BCUT2D eigenvalue weighted by Crippen LogP contribution is 2.35. The van der Waals surface area contributed by atoms with Crippen molar-refractivity contribution in [3.8, 4) is 5.75 Å². The fourth-order valence-electron chi connectivity index (χ4n) is 2.04. The second kappa shape index (κ2) is 4.21. The van der Waals surface area contributed by atoms with Gasteiger partial charge in [-0.25, -0.2) is 0 Å². The molecule has 0 saturated heterocycles. The van der Waals surface area contributed by atoms with E-state index in [1.165, 1.54) is 0 Å². The van der Waals surface area contributed by atoms with E-state index in [4.69, 9.17) is 4.74 Å². The van der Waals surface area contributed by atoms with Crippen LogP contribution in [0.15, 0.2) is 16.6 Å². The smallest absolute Gasteiger partial charge is 0.166 e. The maximum atomic E-state index is 11.9. The van der Waals surface area contributed by atoms with Gasteiger partial charge in [0.15, 0.2) is 5.78 Å². The molecule has 3 heteroatoms. The van der Waals surface area contributed by atoms with Crippen molar-refractivity contribution in [2.75, 3.05) is 0 Å². The molecule has 86 valence electrons. The lowest BCUT2D eigenvalue weighted by Gasteiger charge is -2.11. The fourth-order valence-corrected chi connectivity index (χ4v) is 2.64. The number of hydrogen-bond acceptors (Lipinski definition) is 2. The van der Waals surface area contributed by atoms with Crippen LogP contribution < -0.4 is 4.74 Å². The van der Waals surface area contributed by atoms with E-state index < -0.39 is 0 Å². The lowest BCUT2D eigenvalue weighted by atomic mass is 10.1. The van der Waals surface area contributed by atoms with Crippen LogP contribution in [-0.2, 0) is 6.42 Å². The van der Waals surface area contributed by atoms with Crippen LogP contribution >= 0.6 is 15.9 Å². The Morgan fingerprint density at radius 2 is 2.12 bits per heavy atom. The molecule has 0 radical (unpaired) electrons. The summed E-state index contributed by atoms with van der Waals surface area (Å²) in [6, 6.07) is 3.82. The van der Waals surface area contributed by atoms with E-state index in [2.05, 4.69) is 15.9 Å². The molecule has 1 unspecified atom stereocenters. The highest BCUT2D eigenvalue weighted by molar-refractivity contribution is 9.10. The Kier molecular flexibility index (Phi) is 3.06. The van der Waals surface area contributed by atoms with Crippen molar-refractivity contribution in [3.05, 3.63) is 27.7 Å². The van der Waals surface area contributed by atoms with Gasteiger partial charge in [-0.05, 0) is 38.0 Å². The number of carbonyl (C=O) groups excluding carboxylic acids is 1. The summed E-state index contributed by atoms with van der Waals surface area (Å²) in [5.41, 5.74) is 1.94. The molecule has 0 aromatic heterocycles. The molecule has 1 aliphatic rings. The van der Waals surface area contributed by atoms with Gasteiger partial charge in [0, 0.05) is 16.0 Å². The molecule has 0 bridgehead atoms. The highest BCUT2D eigenvalue weighted by atomic mass is 79.9. The third-order valence-electron chi connectivity index (χ3n) is 2.76. The van der Waals surface area contributed by atoms with Crippen molar-refractivity contribution < 1.29 is 9.53 Å². The zero-order valence-electron chi connectivity index (χ0n) is 9.71. The van der Waals surface area contributed by atoms with Crippen molar-refractivity contribution in [3.63, 3.8) is 0 Å². The zero-order valence-corrected chi connectivity index (χ0v) is 11.3. The van der Waals surface area contributed by atoms with Crippen LogP contribution in [0.3, 0.4) is 0 Å². The molecule has 1 aromatic rings. The minimum Gasteiger partial charge on any atom is -0.491 e. The van der Waals surface area contributed by atoms with E-state index in [9.17, 15) is 4.79 Å². The van der Waals surface area contributed by atoms with Crippen LogP contribution in [-0.4, -0.2) is 11.9 Å². The van der Waals surface area contributed by atoms with E-state index in [0.717, 1.165) is 27.8 Å². The van der Waals surface area contributed by atoms with Gasteiger partial charge in [0.2, 0.25) is 0 Å². The highest BCUT2D eigenvalue weighted by Gasteiger charge is 2.29. The van der Waals surface area contributed by atoms with Gasteiger partial charge >= 0.3 is 0 Å². The quantitative estimate of drug-likeness (QED) is 0.828. The maximum Gasteiger partial charge on any atom is 0.166 e. The van der Waals surface area contributed by atoms with Crippen molar-refractivity contribution in [1.29, 1.82) is 0 Å². The lowest BCUT2D eigenvalue weighted by Crippen LogP contribution is -2.07. The van der Waals surface area contributed by atoms with E-state index in [1.807, 2.05) is 32.9 Å². The van der Waals surface area contributed by atoms with Gasteiger partial charge in [0.25, 0.3) is 0 Å². The Labute approximate surface area is 104 Å². The first kappa shape index (κ1) is 11.6. The molecule has 1 atom stereocenters. The standard InChI is InChI=1S/C13H15BrO2/c1-7(2)16-9-5-11-10(12(14)6-9)4-8(3)13(11)15/h5-8H,4H2,1-3H3. The largest absolute Gasteiger partial charge is 0.491 e. The van der Waals surface area contributed by atoms with Crippen LogP contribution in [0.5, 0.6) is 5.75 Å². The average Bonchev–Trinajstić information content (AvgIpc) is 2.45. The third kappa shape index (κ3) is 2.01. The molecular formula is C13H15BrO2.